The van der Waals surface area contributed by atoms with Crippen LogP contribution in [0, 0.1) is 5.82 Å². The Hall–Kier alpha value is -2.09. The zero-order valence-electron chi connectivity index (χ0n) is 7.72. The molecule has 0 saturated heterocycles. The summed E-state index contributed by atoms with van der Waals surface area (Å²) in [5.41, 5.74) is -0.0448. The van der Waals surface area contributed by atoms with Crippen LogP contribution in [0.4, 0.5) is 9.52 Å². The number of carbonyl (C=O) groups excluding carboxylic acids is 1. The molecule has 0 spiro atoms. The van der Waals surface area contributed by atoms with Crippen molar-refractivity contribution < 1.29 is 14.3 Å². The van der Waals surface area contributed by atoms with Crippen LogP contribution in [0.1, 0.15) is 10.4 Å². The zero-order valence-corrected chi connectivity index (χ0v) is 8.53. The third kappa shape index (κ3) is 2.11. The summed E-state index contributed by atoms with van der Waals surface area (Å²) >= 11 is 0.895. The van der Waals surface area contributed by atoms with Gasteiger partial charge >= 0.3 is 0 Å². The first-order valence-corrected chi connectivity index (χ1v) is 4.89. The highest BCUT2D eigenvalue weighted by Gasteiger charge is 2.13. The van der Waals surface area contributed by atoms with E-state index in [1.165, 1.54) is 6.07 Å². The van der Waals surface area contributed by atoms with Crippen LogP contribution >= 0.6 is 11.5 Å². The lowest BCUT2D eigenvalue weighted by atomic mass is 10.2. The summed E-state index contributed by atoms with van der Waals surface area (Å²) in [5, 5.41) is 18.7. The largest absolute Gasteiger partial charge is 0.507 e. The Morgan fingerprint density at radius 2 is 2.31 bits per heavy atom. The van der Waals surface area contributed by atoms with E-state index in [0.29, 0.717) is 0 Å². The molecule has 82 valence electrons. The van der Waals surface area contributed by atoms with Gasteiger partial charge in [-0.3, -0.25) is 10.1 Å². The van der Waals surface area contributed by atoms with Crippen LogP contribution in [-0.4, -0.2) is 25.8 Å². The minimum absolute atomic E-state index is 0.0448. The van der Waals surface area contributed by atoms with E-state index in [2.05, 4.69) is 20.1 Å². The number of phenols is 1. The Balaban J connectivity index is 2.21. The van der Waals surface area contributed by atoms with E-state index in [4.69, 9.17) is 0 Å². The fraction of sp³-hybridized carbons (Fsp3) is 0. The molecule has 0 atom stereocenters. The molecule has 1 heterocycles. The molecule has 1 amide bonds. The predicted octanol–water partition coefficient (Wildman–Crippen LogP) is 1.03. The number of hydrogen-bond acceptors (Lipinski definition) is 6. The normalized spacial score (nSPS) is 10.1. The van der Waals surface area contributed by atoms with Gasteiger partial charge in [0.05, 0.1) is 5.56 Å². The van der Waals surface area contributed by atoms with E-state index in [9.17, 15) is 14.3 Å². The number of carbonyl (C=O) groups is 1. The van der Waals surface area contributed by atoms with Crippen LogP contribution in [0.25, 0.3) is 0 Å². The molecule has 1 aromatic carbocycles. The van der Waals surface area contributed by atoms with Gasteiger partial charge in [-0.05, 0) is 17.3 Å². The topological polar surface area (TPSA) is 88.0 Å². The van der Waals surface area contributed by atoms with Gasteiger partial charge in [-0.25, -0.2) is 4.39 Å². The highest BCUT2D eigenvalue weighted by molar-refractivity contribution is 7.09. The highest BCUT2D eigenvalue weighted by Crippen LogP contribution is 2.19. The van der Waals surface area contributed by atoms with E-state index in [0.717, 1.165) is 23.7 Å². The molecule has 0 aliphatic rings. The van der Waals surface area contributed by atoms with Gasteiger partial charge < -0.3 is 5.11 Å². The second-order valence-electron chi connectivity index (χ2n) is 2.78. The Kier molecular flexibility index (Phi) is 2.73. The van der Waals surface area contributed by atoms with Crippen LogP contribution in [0.5, 0.6) is 5.75 Å². The summed E-state index contributed by atoms with van der Waals surface area (Å²) in [4.78, 5) is 11.6. The van der Waals surface area contributed by atoms with E-state index >= 15 is 0 Å². The molecule has 2 rings (SSSR count). The smallest absolute Gasteiger partial charge is 0.261 e. The van der Waals surface area contributed by atoms with Crippen LogP contribution < -0.4 is 5.32 Å². The lowest BCUT2D eigenvalue weighted by molar-refractivity contribution is 0.102. The van der Waals surface area contributed by atoms with Gasteiger partial charge in [-0.15, -0.1) is 0 Å². The molecular formula is C8H5FN4O2S. The average Bonchev–Trinajstić information content (AvgIpc) is 2.70. The van der Waals surface area contributed by atoms with Crippen molar-refractivity contribution in [3.8, 4) is 5.75 Å². The third-order valence-electron chi connectivity index (χ3n) is 1.72. The summed E-state index contributed by atoms with van der Waals surface area (Å²) in [6.45, 7) is 0. The summed E-state index contributed by atoms with van der Waals surface area (Å²) in [6, 6.07) is 3.11. The SMILES string of the molecule is O=C(Nc1nnns1)c1ccc(F)cc1O. The van der Waals surface area contributed by atoms with Crippen LogP contribution in [0.3, 0.4) is 0 Å². The number of phenolic OH excluding ortho intramolecular Hbond substituents is 1. The molecule has 1 aromatic heterocycles. The van der Waals surface area contributed by atoms with E-state index in [1.807, 2.05) is 0 Å². The second kappa shape index (κ2) is 4.19. The molecule has 0 saturated carbocycles. The van der Waals surface area contributed by atoms with Gasteiger partial charge in [-0.2, -0.15) is 0 Å². The fourth-order valence-corrected chi connectivity index (χ4v) is 1.40. The van der Waals surface area contributed by atoms with Crippen molar-refractivity contribution in [2.75, 3.05) is 5.32 Å². The minimum Gasteiger partial charge on any atom is -0.507 e. The number of aromatic nitrogens is 3. The first kappa shape index (κ1) is 10.4. The lowest BCUT2D eigenvalue weighted by Gasteiger charge is -2.03. The monoisotopic (exact) mass is 240 g/mol. The minimum atomic E-state index is -0.619. The van der Waals surface area contributed by atoms with Gasteiger partial charge in [0.2, 0.25) is 5.13 Å². The van der Waals surface area contributed by atoms with Crippen molar-refractivity contribution in [3.05, 3.63) is 29.6 Å². The summed E-state index contributed by atoms with van der Waals surface area (Å²) in [7, 11) is 0. The molecule has 0 bridgehead atoms. The Bertz CT molecular complexity index is 517. The number of halogens is 1. The van der Waals surface area contributed by atoms with Gasteiger partial charge in [0.25, 0.3) is 5.91 Å². The number of nitrogens with one attached hydrogen (secondary N) is 1. The molecule has 2 aromatic rings. The molecule has 0 unspecified atom stereocenters. The number of hydrogen-bond donors (Lipinski definition) is 2. The molecule has 0 aliphatic heterocycles. The van der Waals surface area contributed by atoms with Crippen molar-refractivity contribution in [1.82, 2.24) is 14.8 Å². The first-order valence-electron chi connectivity index (χ1n) is 4.12. The Morgan fingerprint density at radius 3 is 2.94 bits per heavy atom. The number of aromatic hydroxyl groups is 1. The van der Waals surface area contributed by atoms with E-state index < -0.39 is 17.5 Å². The summed E-state index contributed by atoms with van der Waals surface area (Å²) < 4.78 is 16.1. The fourth-order valence-electron chi connectivity index (χ4n) is 1.04. The second-order valence-corrected chi connectivity index (χ2v) is 3.52. The maximum atomic E-state index is 12.7. The zero-order chi connectivity index (χ0) is 11.5. The molecule has 0 aliphatic carbocycles. The number of rotatable bonds is 2. The number of anilines is 1. The van der Waals surface area contributed by atoms with Crippen molar-refractivity contribution >= 4 is 22.6 Å². The number of amides is 1. The molecule has 0 fully saturated rings. The highest BCUT2D eigenvalue weighted by atomic mass is 32.1. The standard InChI is InChI=1S/C8H5FN4O2S/c9-4-1-2-5(6(14)3-4)7(15)10-8-11-12-13-16-8/h1-3,14H,(H,10,11,13,15). The quantitative estimate of drug-likeness (QED) is 0.818. The van der Waals surface area contributed by atoms with Crippen LogP contribution in [-0.2, 0) is 0 Å². The molecule has 2 N–H and O–H groups in total. The summed E-state index contributed by atoms with van der Waals surface area (Å²) in [6.07, 6.45) is 0. The van der Waals surface area contributed by atoms with Gasteiger partial charge in [0.15, 0.2) is 0 Å². The van der Waals surface area contributed by atoms with Crippen LogP contribution in [0.2, 0.25) is 0 Å². The lowest BCUT2D eigenvalue weighted by Crippen LogP contribution is -2.12. The van der Waals surface area contributed by atoms with Crippen molar-refractivity contribution in [2.24, 2.45) is 0 Å². The van der Waals surface area contributed by atoms with E-state index in [-0.39, 0.29) is 10.7 Å². The number of nitrogens with zero attached hydrogens (tertiary/aromatic N) is 3. The third-order valence-corrected chi connectivity index (χ3v) is 2.24. The predicted molar refractivity (Wildman–Crippen MR) is 53.7 cm³/mol. The Morgan fingerprint density at radius 1 is 1.50 bits per heavy atom. The first-order chi connectivity index (χ1) is 7.66. The maximum absolute atomic E-state index is 12.7. The van der Waals surface area contributed by atoms with Gasteiger partial charge in [-0.1, -0.05) is 9.59 Å². The van der Waals surface area contributed by atoms with Crippen LogP contribution in [0.15, 0.2) is 18.2 Å². The molecular weight excluding hydrogens is 235 g/mol. The Labute approximate surface area is 92.9 Å². The summed E-state index contributed by atoms with van der Waals surface area (Å²) in [5.74, 6) is -1.65. The molecule has 0 radical (unpaired) electrons. The average molecular weight is 240 g/mol. The molecule has 6 nitrogen and oxygen atoms in total. The van der Waals surface area contributed by atoms with Crippen molar-refractivity contribution in [2.45, 2.75) is 0 Å². The van der Waals surface area contributed by atoms with Crippen molar-refractivity contribution in [1.29, 1.82) is 0 Å². The van der Waals surface area contributed by atoms with Gasteiger partial charge in [0, 0.05) is 17.6 Å². The van der Waals surface area contributed by atoms with E-state index in [1.54, 1.807) is 0 Å². The van der Waals surface area contributed by atoms with Crippen molar-refractivity contribution in [3.63, 3.8) is 0 Å². The maximum Gasteiger partial charge on any atom is 0.261 e. The van der Waals surface area contributed by atoms with Gasteiger partial charge in [0.1, 0.15) is 11.6 Å². The molecule has 16 heavy (non-hydrogen) atoms. The molecule has 8 heteroatoms. The number of benzene rings is 1.